The zero-order valence-electron chi connectivity index (χ0n) is 13.9. The van der Waals surface area contributed by atoms with Gasteiger partial charge in [-0.05, 0) is 54.5 Å². The highest BCUT2D eigenvalue weighted by molar-refractivity contribution is 7.80. The number of ether oxygens (including phenoxy) is 1. The van der Waals surface area contributed by atoms with E-state index in [0.717, 1.165) is 0 Å². The maximum atomic E-state index is 12.0. The second-order valence-electron chi connectivity index (χ2n) is 5.57. The summed E-state index contributed by atoms with van der Waals surface area (Å²) in [6, 6.07) is 9.79. The number of amides is 2. The van der Waals surface area contributed by atoms with Crippen LogP contribution in [-0.2, 0) is 0 Å². The summed E-state index contributed by atoms with van der Waals surface area (Å²) in [4.78, 5) is 23.8. The van der Waals surface area contributed by atoms with Gasteiger partial charge in [0.25, 0.3) is 11.8 Å². The van der Waals surface area contributed by atoms with E-state index in [4.69, 9.17) is 21.4 Å². The van der Waals surface area contributed by atoms with Gasteiger partial charge in [-0.3, -0.25) is 25.8 Å². The molecule has 132 valence electrons. The van der Waals surface area contributed by atoms with Gasteiger partial charge in [-0.2, -0.15) is 0 Å². The predicted octanol–water partition coefficient (Wildman–Crippen LogP) is 2.26. The number of carbonyl (C=O) groups excluding carboxylic acids is 2. The lowest BCUT2D eigenvalue weighted by Gasteiger charge is -2.11. The van der Waals surface area contributed by atoms with Crippen molar-refractivity contribution in [2.45, 2.75) is 13.8 Å². The normalized spacial score (nSPS) is 10.2. The van der Waals surface area contributed by atoms with Crippen molar-refractivity contribution in [3.63, 3.8) is 0 Å². The van der Waals surface area contributed by atoms with Crippen molar-refractivity contribution in [2.75, 3.05) is 6.61 Å². The second-order valence-corrected chi connectivity index (χ2v) is 5.98. The summed E-state index contributed by atoms with van der Waals surface area (Å²) in [5, 5.41) is 2.33. The van der Waals surface area contributed by atoms with Gasteiger partial charge in [0, 0.05) is 5.56 Å². The topological polar surface area (TPSA) is 92.6 Å². The lowest BCUT2D eigenvalue weighted by atomic mass is 10.2. The molecule has 0 aliphatic rings. The SMILES string of the molecule is CC(C)COc1ccc(C(=O)NNC(=S)NC(=O)c2ccco2)cc1. The molecule has 0 radical (unpaired) electrons. The van der Waals surface area contributed by atoms with Crippen molar-refractivity contribution in [1.29, 1.82) is 0 Å². The Balaban J connectivity index is 1.79. The van der Waals surface area contributed by atoms with E-state index < -0.39 is 11.8 Å². The van der Waals surface area contributed by atoms with Gasteiger partial charge in [-0.15, -0.1) is 0 Å². The molecule has 0 unspecified atom stereocenters. The number of benzene rings is 1. The van der Waals surface area contributed by atoms with E-state index in [1.807, 2.05) is 0 Å². The van der Waals surface area contributed by atoms with Gasteiger partial charge in [0.1, 0.15) is 5.75 Å². The Morgan fingerprint density at radius 2 is 1.84 bits per heavy atom. The third-order valence-electron chi connectivity index (χ3n) is 2.96. The zero-order valence-corrected chi connectivity index (χ0v) is 14.7. The highest BCUT2D eigenvalue weighted by atomic mass is 32.1. The van der Waals surface area contributed by atoms with Crippen molar-refractivity contribution >= 4 is 29.1 Å². The highest BCUT2D eigenvalue weighted by Gasteiger charge is 2.11. The van der Waals surface area contributed by atoms with Crippen LogP contribution in [-0.4, -0.2) is 23.5 Å². The first-order valence-electron chi connectivity index (χ1n) is 7.63. The zero-order chi connectivity index (χ0) is 18.2. The molecular weight excluding hydrogens is 342 g/mol. The van der Waals surface area contributed by atoms with E-state index in [-0.39, 0.29) is 10.9 Å². The number of carbonyl (C=O) groups is 2. The Morgan fingerprint density at radius 1 is 1.12 bits per heavy atom. The van der Waals surface area contributed by atoms with Gasteiger partial charge in [-0.1, -0.05) is 13.8 Å². The number of thiocarbonyl (C=S) groups is 1. The van der Waals surface area contributed by atoms with Gasteiger partial charge in [0.15, 0.2) is 10.9 Å². The molecule has 3 N–H and O–H groups in total. The molecule has 0 saturated carbocycles. The molecule has 0 fully saturated rings. The Kier molecular flexibility index (Phi) is 6.53. The number of furan rings is 1. The fourth-order valence-corrected chi connectivity index (χ4v) is 1.90. The fourth-order valence-electron chi connectivity index (χ4n) is 1.75. The lowest BCUT2D eigenvalue weighted by molar-refractivity contribution is 0.0927. The van der Waals surface area contributed by atoms with Crippen LogP contribution >= 0.6 is 12.2 Å². The first-order chi connectivity index (χ1) is 12.0. The Labute approximate surface area is 150 Å². The largest absolute Gasteiger partial charge is 0.493 e. The van der Waals surface area contributed by atoms with Crippen molar-refractivity contribution in [3.8, 4) is 5.75 Å². The highest BCUT2D eigenvalue weighted by Crippen LogP contribution is 2.13. The van der Waals surface area contributed by atoms with Gasteiger partial charge >= 0.3 is 0 Å². The molecule has 0 bridgehead atoms. The van der Waals surface area contributed by atoms with Crippen molar-refractivity contribution in [1.82, 2.24) is 16.2 Å². The molecule has 25 heavy (non-hydrogen) atoms. The summed E-state index contributed by atoms with van der Waals surface area (Å²) in [6.07, 6.45) is 1.38. The van der Waals surface area contributed by atoms with E-state index in [0.29, 0.717) is 23.8 Å². The number of rotatable bonds is 5. The molecule has 0 saturated heterocycles. The first-order valence-corrected chi connectivity index (χ1v) is 8.04. The second kappa shape index (κ2) is 8.84. The van der Waals surface area contributed by atoms with Crippen LogP contribution < -0.4 is 20.9 Å². The molecule has 2 aromatic rings. The van der Waals surface area contributed by atoms with Crippen molar-refractivity contribution in [3.05, 3.63) is 54.0 Å². The molecule has 0 atom stereocenters. The lowest BCUT2D eigenvalue weighted by Crippen LogP contribution is -2.48. The summed E-state index contributed by atoms with van der Waals surface area (Å²) in [7, 11) is 0. The number of nitrogens with one attached hydrogen (secondary N) is 3. The van der Waals surface area contributed by atoms with Gasteiger partial charge in [0.2, 0.25) is 0 Å². The molecule has 8 heteroatoms. The van der Waals surface area contributed by atoms with Crippen LogP contribution in [0.25, 0.3) is 0 Å². The summed E-state index contributed by atoms with van der Waals surface area (Å²) in [5.74, 6) is 0.324. The number of hydrogen-bond acceptors (Lipinski definition) is 5. The molecule has 2 amide bonds. The minimum atomic E-state index is -0.511. The first kappa shape index (κ1) is 18.5. The Bertz CT molecular complexity index is 727. The molecule has 1 aromatic carbocycles. The molecule has 0 spiro atoms. The van der Waals surface area contributed by atoms with E-state index in [9.17, 15) is 9.59 Å². The molecular formula is C17H19N3O4S. The summed E-state index contributed by atoms with van der Waals surface area (Å²) < 4.78 is 10.5. The van der Waals surface area contributed by atoms with Crippen LogP contribution in [0.1, 0.15) is 34.8 Å². The maximum Gasteiger partial charge on any atom is 0.293 e. The van der Waals surface area contributed by atoms with Crippen LogP contribution in [0, 0.1) is 5.92 Å². The van der Waals surface area contributed by atoms with Crippen LogP contribution in [0.3, 0.4) is 0 Å². The number of hydrazine groups is 1. The van der Waals surface area contributed by atoms with Crippen LogP contribution in [0.4, 0.5) is 0 Å². The Morgan fingerprint density at radius 3 is 2.44 bits per heavy atom. The third-order valence-corrected chi connectivity index (χ3v) is 3.17. The predicted molar refractivity (Wildman–Crippen MR) is 96.1 cm³/mol. The number of hydrogen-bond donors (Lipinski definition) is 3. The molecule has 1 aromatic heterocycles. The van der Waals surface area contributed by atoms with E-state index in [1.165, 1.54) is 12.3 Å². The van der Waals surface area contributed by atoms with Crippen LogP contribution in [0.2, 0.25) is 0 Å². The molecule has 7 nitrogen and oxygen atoms in total. The summed E-state index contributed by atoms with van der Waals surface area (Å²) >= 11 is 4.93. The van der Waals surface area contributed by atoms with E-state index >= 15 is 0 Å². The maximum absolute atomic E-state index is 12.0. The van der Waals surface area contributed by atoms with Crippen molar-refractivity contribution in [2.24, 2.45) is 5.92 Å². The van der Waals surface area contributed by atoms with Crippen LogP contribution in [0.5, 0.6) is 5.75 Å². The quantitative estimate of drug-likeness (QED) is 0.559. The van der Waals surface area contributed by atoms with Gasteiger partial charge < -0.3 is 9.15 Å². The van der Waals surface area contributed by atoms with Crippen LogP contribution in [0.15, 0.2) is 47.1 Å². The smallest absolute Gasteiger partial charge is 0.293 e. The summed E-state index contributed by atoms with van der Waals surface area (Å²) in [5.41, 5.74) is 5.28. The molecule has 2 rings (SSSR count). The minimum Gasteiger partial charge on any atom is -0.493 e. The van der Waals surface area contributed by atoms with E-state index in [1.54, 1.807) is 30.3 Å². The minimum absolute atomic E-state index is 0.0494. The standard InChI is InChI=1S/C17H19N3O4S/c1-11(2)10-24-13-7-5-12(6-8-13)15(21)19-20-17(25)18-16(22)14-4-3-9-23-14/h3-9,11H,10H2,1-2H3,(H,19,21)(H2,18,20,22,25). The Hall–Kier alpha value is -2.87. The summed E-state index contributed by atoms with van der Waals surface area (Å²) in [6.45, 7) is 4.72. The monoisotopic (exact) mass is 361 g/mol. The van der Waals surface area contributed by atoms with Gasteiger partial charge in [-0.25, -0.2) is 0 Å². The fraction of sp³-hybridized carbons (Fsp3) is 0.235. The molecule has 0 aliphatic heterocycles. The van der Waals surface area contributed by atoms with E-state index in [2.05, 4.69) is 30.0 Å². The molecule has 1 heterocycles. The third kappa shape index (κ3) is 5.92. The average molecular weight is 361 g/mol. The van der Waals surface area contributed by atoms with Gasteiger partial charge in [0.05, 0.1) is 12.9 Å². The average Bonchev–Trinajstić information content (AvgIpc) is 3.13. The van der Waals surface area contributed by atoms with Crippen molar-refractivity contribution < 1.29 is 18.7 Å². The molecule has 0 aliphatic carbocycles.